The lowest BCUT2D eigenvalue weighted by Gasteiger charge is -2.08. The van der Waals surface area contributed by atoms with Crippen molar-refractivity contribution in [1.29, 1.82) is 0 Å². The van der Waals surface area contributed by atoms with Gasteiger partial charge in [-0.15, -0.1) is 0 Å². The van der Waals surface area contributed by atoms with Crippen molar-refractivity contribution in [3.63, 3.8) is 0 Å². The van der Waals surface area contributed by atoms with Crippen LogP contribution in [0.25, 0.3) is 0 Å². The third-order valence-electron chi connectivity index (χ3n) is 2.71. The molecule has 0 aromatic carbocycles. The molecule has 0 fully saturated rings. The van der Waals surface area contributed by atoms with E-state index in [1.165, 1.54) is 0 Å². The molecule has 2 aromatic rings. The summed E-state index contributed by atoms with van der Waals surface area (Å²) >= 11 is 0. The lowest BCUT2D eigenvalue weighted by atomic mass is 10.3. The third kappa shape index (κ3) is 2.14. The Labute approximate surface area is 100 Å². The summed E-state index contributed by atoms with van der Waals surface area (Å²) in [7, 11) is 1.89. The minimum Gasteiger partial charge on any atom is -0.435 e. The molecule has 0 radical (unpaired) electrons. The number of hydrogen-bond donors (Lipinski definition) is 1. The second kappa shape index (κ2) is 4.55. The van der Waals surface area contributed by atoms with Crippen LogP contribution in [0.2, 0.25) is 0 Å². The van der Waals surface area contributed by atoms with Crippen LogP contribution < -0.4 is 10.5 Å². The van der Waals surface area contributed by atoms with Gasteiger partial charge in [0.1, 0.15) is 5.69 Å². The van der Waals surface area contributed by atoms with Crippen molar-refractivity contribution in [2.75, 3.05) is 0 Å². The molecule has 90 valence electrons. The SMILES string of the molecule is Cc1nn(C)c(C)c1Oc1ncccc1CN. The summed E-state index contributed by atoms with van der Waals surface area (Å²) in [4.78, 5) is 4.20. The molecule has 2 N–H and O–H groups in total. The van der Waals surface area contributed by atoms with E-state index in [9.17, 15) is 0 Å². The molecule has 2 heterocycles. The number of hydrogen-bond acceptors (Lipinski definition) is 4. The average Bonchev–Trinajstić information content (AvgIpc) is 2.57. The van der Waals surface area contributed by atoms with Gasteiger partial charge in [0.2, 0.25) is 5.88 Å². The molecule has 0 amide bonds. The zero-order valence-corrected chi connectivity index (χ0v) is 10.3. The first-order valence-electron chi connectivity index (χ1n) is 5.45. The summed E-state index contributed by atoms with van der Waals surface area (Å²) in [5.74, 6) is 1.30. The Kier molecular flexibility index (Phi) is 3.10. The molecule has 0 atom stereocenters. The van der Waals surface area contributed by atoms with Crippen molar-refractivity contribution in [3.05, 3.63) is 35.3 Å². The van der Waals surface area contributed by atoms with Gasteiger partial charge in [-0.2, -0.15) is 5.10 Å². The highest BCUT2D eigenvalue weighted by Crippen LogP contribution is 2.28. The Morgan fingerprint density at radius 1 is 1.41 bits per heavy atom. The number of nitrogens with zero attached hydrogens (tertiary/aromatic N) is 3. The fourth-order valence-electron chi connectivity index (χ4n) is 1.67. The smallest absolute Gasteiger partial charge is 0.223 e. The van der Waals surface area contributed by atoms with Crippen molar-refractivity contribution in [2.45, 2.75) is 20.4 Å². The van der Waals surface area contributed by atoms with E-state index < -0.39 is 0 Å². The van der Waals surface area contributed by atoms with Gasteiger partial charge in [0.25, 0.3) is 0 Å². The lowest BCUT2D eigenvalue weighted by Crippen LogP contribution is -2.01. The molecule has 0 spiro atoms. The second-order valence-corrected chi connectivity index (χ2v) is 3.90. The van der Waals surface area contributed by atoms with E-state index in [0.29, 0.717) is 12.4 Å². The molecule has 2 rings (SSSR count). The van der Waals surface area contributed by atoms with Crippen LogP contribution in [0, 0.1) is 13.8 Å². The highest BCUT2D eigenvalue weighted by Gasteiger charge is 2.13. The van der Waals surface area contributed by atoms with Crippen LogP contribution in [-0.2, 0) is 13.6 Å². The maximum atomic E-state index is 5.81. The number of rotatable bonds is 3. The van der Waals surface area contributed by atoms with Gasteiger partial charge >= 0.3 is 0 Å². The Morgan fingerprint density at radius 3 is 2.76 bits per heavy atom. The topological polar surface area (TPSA) is 66.0 Å². The molecule has 0 saturated carbocycles. The normalized spacial score (nSPS) is 10.6. The van der Waals surface area contributed by atoms with E-state index in [2.05, 4.69) is 10.1 Å². The largest absolute Gasteiger partial charge is 0.435 e. The molecule has 5 heteroatoms. The van der Waals surface area contributed by atoms with Crippen LogP contribution in [0.15, 0.2) is 18.3 Å². The summed E-state index contributed by atoms with van der Waals surface area (Å²) in [6.45, 7) is 4.27. The first-order chi connectivity index (χ1) is 8.13. The van der Waals surface area contributed by atoms with Crippen molar-refractivity contribution in [3.8, 4) is 11.6 Å². The monoisotopic (exact) mass is 232 g/mol. The zero-order valence-electron chi connectivity index (χ0n) is 10.3. The van der Waals surface area contributed by atoms with Gasteiger partial charge in [-0.1, -0.05) is 6.07 Å². The summed E-state index contributed by atoms with van der Waals surface area (Å²) in [5, 5.41) is 4.29. The maximum Gasteiger partial charge on any atom is 0.223 e. The predicted molar refractivity (Wildman–Crippen MR) is 64.9 cm³/mol. The number of ether oxygens (including phenoxy) is 1. The first kappa shape index (κ1) is 11.6. The number of nitrogens with two attached hydrogens (primary N) is 1. The van der Waals surface area contributed by atoms with E-state index in [0.717, 1.165) is 22.7 Å². The molecular weight excluding hydrogens is 216 g/mol. The first-order valence-corrected chi connectivity index (χ1v) is 5.45. The van der Waals surface area contributed by atoms with Gasteiger partial charge in [-0.25, -0.2) is 4.98 Å². The van der Waals surface area contributed by atoms with Crippen LogP contribution >= 0.6 is 0 Å². The highest BCUT2D eigenvalue weighted by atomic mass is 16.5. The van der Waals surface area contributed by atoms with Crippen molar-refractivity contribution in [2.24, 2.45) is 12.8 Å². The van der Waals surface area contributed by atoms with Gasteiger partial charge in [-0.05, 0) is 19.9 Å². The molecule has 2 aromatic heterocycles. The standard InChI is InChI=1S/C12H16N4O/c1-8-11(9(2)16(3)15-8)17-12-10(7-13)5-4-6-14-12/h4-6H,7,13H2,1-3H3. The molecular formula is C12H16N4O. The van der Waals surface area contributed by atoms with E-state index in [1.807, 2.05) is 33.0 Å². The number of pyridine rings is 1. The van der Waals surface area contributed by atoms with Gasteiger partial charge in [0.05, 0.1) is 5.69 Å². The van der Waals surface area contributed by atoms with E-state index in [-0.39, 0.29) is 0 Å². The van der Waals surface area contributed by atoms with Crippen molar-refractivity contribution in [1.82, 2.24) is 14.8 Å². The molecule has 0 saturated heterocycles. The summed E-state index contributed by atoms with van der Waals surface area (Å²) in [5.41, 5.74) is 8.34. The average molecular weight is 232 g/mol. The maximum absolute atomic E-state index is 5.81. The predicted octanol–water partition coefficient (Wildman–Crippen LogP) is 1.68. The fourth-order valence-corrected chi connectivity index (χ4v) is 1.67. The van der Waals surface area contributed by atoms with Crippen molar-refractivity contribution >= 4 is 0 Å². The Balaban J connectivity index is 2.38. The van der Waals surface area contributed by atoms with Gasteiger partial charge in [0, 0.05) is 25.4 Å². The molecule has 17 heavy (non-hydrogen) atoms. The third-order valence-corrected chi connectivity index (χ3v) is 2.71. The molecule has 0 aliphatic heterocycles. The van der Waals surface area contributed by atoms with Gasteiger partial charge in [0.15, 0.2) is 5.75 Å². The summed E-state index contributed by atoms with van der Waals surface area (Å²) < 4.78 is 7.60. The highest BCUT2D eigenvalue weighted by molar-refractivity contribution is 5.37. The van der Waals surface area contributed by atoms with Crippen molar-refractivity contribution < 1.29 is 4.74 Å². The van der Waals surface area contributed by atoms with Crippen LogP contribution in [0.1, 0.15) is 17.0 Å². The van der Waals surface area contributed by atoms with Gasteiger partial charge in [-0.3, -0.25) is 4.68 Å². The van der Waals surface area contributed by atoms with Crippen LogP contribution in [0.3, 0.4) is 0 Å². The van der Waals surface area contributed by atoms with Crippen LogP contribution in [0.4, 0.5) is 0 Å². The lowest BCUT2D eigenvalue weighted by molar-refractivity contribution is 0.449. The zero-order chi connectivity index (χ0) is 12.4. The Hall–Kier alpha value is -1.88. The molecule has 0 aliphatic carbocycles. The number of aryl methyl sites for hydroxylation is 2. The minimum absolute atomic E-state index is 0.404. The molecule has 0 bridgehead atoms. The van der Waals surface area contributed by atoms with E-state index in [1.54, 1.807) is 10.9 Å². The summed E-state index contributed by atoms with van der Waals surface area (Å²) in [6.07, 6.45) is 1.69. The van der Waals surface area contributed by atoms with E-state index >= 15 is 0 Å². The molecule has 5 nitrogen and oxygen atoms in total. The molecule has 0 unspecified atom stereocenters. The second-order valence-electron chi connectivity index (χ2n) is 3.90. The summed E-state index contributed by atoms with van der Waals surface area (Å²) in [6, 6.07) is 3.75. The van der Waals surface area contributed by atoms with Crippen LogP contribution in [-0.4, -0.2) is 14.8 Å². The minimum atomic E-state index is 0.404. The number of aromatic nitrogens is 3. The fraction of sp³-hybridized carbons (Fsp3) is 0.333. The van der Waals surface area contributed by atoms with E-state index in [4.69, 9.17) is 10.5 Å². The van der Waals surface area contributed by atoms with Crippen LogP contribution in [0.5, 0.6) is 11.6 Å². The Bertz CT molecular complexity index is 533. The van der Waals surface area contributed by atoms with Gasteiger partial charge < -0.3 is 10.5 Å². The Morgan fingerprint density at radius 2 is 2.18 bits per heavy atom. The molecule has 0 aliphatic rings. The quantitative estimate of drug-likeness (QED) is 0.874.